The minimum absolute atomic E-state index is 0.778. The van der Waals surface area contributed by atoms with Crippen LogP contribution >= 0.6 is 0 Å². The molecule has 0 radical (unpaired) electrons. The fourth-order valence-corrected chi connectivity index (χ4v) is 3.33. The zero-order valence-electron chi connectivity index (χ0n) is 8.57. The largest absolute Gasteiger partial charge is 0.378 e. The molecule has 0 aromatic rings. The van der Waals surface area contributed by atoms with Crippen LogP contribution in [-0.4, -0.2) is 37.2 Å². The van der Waals surface area contributed by atoms with E-state index in [-0.39, 0.29) is 0 Å². The molecule has 1 aliphatic carbocycles. The maximum absolute atomic E-state index is 5.23. The average molecular weight is 181 g/mol. The van der Waals surface area contributed by atoms with Crippen LogP contribution in [0.3, 0.4) is 0 Å². The first-order chi connectivity index (χ1) is 6.27. The summed E-state index contributed by atoms with van der Waals surface area (Å²) in [7, 11) is 0. The highest BCUT2D eigenvalue weighted by Crippen LogP contribution is 2.55. The molecule has 3 atom stereocenters. The Morgan fingerprint density at radius 3 is 2.15 bits per heavy atom. The lowest BCUT2D eigenvalue weighted by Crippen LogP contribution is -2.49. The highest BCUT2D eigenvalue weighted by molar-refractivity contribution is 5.07. The smallest absolute Gasteiger partial charge is 0.0645 e. The van der Waals surface area contributed by atoms with Crippen molar-refractivity contribution in [1.29, 1.82) is 0 Å². The number of fused-ring (bicyclic) bond motifs is 1. The highest BCUT2D eigenvalue weighted by atomic mass is 16.5. The molecule has 0 amide bonds. The van der Waals surface area contributed by atoms with E-state index in [4.69, 9.17) is 4.74 Å². The maximum Gasteiger partial charge on any atom is 0.0645 e. The van der Waals surface area contributed by atoms with Crippen LogP contribution < -0.4 is 0 Å². The molecular formula is C11H19NO. The van der Waals surface area contributed by atoms with Crippen molar-refractivity contribution >= 4 is 0 Å². The van der Waals surface area contributed by atoms with Crippen molar-refractivity contribution in [3.8, 4) is 0 Å². The summed E-state index contributed by atoms with van der Waals surface area (Å²) in [6.07, 6.45) is 0. The summed E-state index contributed by atoms with van der Waals surface area (Å²) in [6.45, 7) is 9.46. The molecule has 0 N–H and O–H groups in total. The average Bonchev–Trinajstić information content (AvgIpc) is 2.46. The minimum Gasteiger partial charge on any atom is -0.378 e. The van der Waals surface area contributed by atoms with E-state index in [0.29, 0.717) is 0 Å². The summed E-state index contributed by atoms with van der Waals surface area (Å²) < 4.78 is 5.23. The van der Waals surface area contributed by atoms with E-state index in [1.54, 1.807) is 0 Å². The molecule has 13 heavy (non-hydrogen) atoms. The summed E-state index contributed by atoms with van der Waals surface area (Å²) in [6, 6.07) is 0.778. The van der Waals surface area contributed by atoms with Gasteiger partial charge in [0.05, 0.1) is 19.3 Å². The Hall–Kier alpha value is -0.0800. The third-order valence-electron chi connectivity index (χ3n) is 4.20. The molecule has 0 bridgehead atoms. The Labute approximate surface area is 80.2 Å². The molecule has 1 saturated carbocycles. The predicted molar refractivity (Wildman–Crippen MR) is 51.5 cm³/mol. The normalized spacial score (nSPS) is 45.0. The van der Waals surface area contributed by atoms with Crippen LogP contribution in [0.1, 0.15) is 13.8 Å². The van der Waals surface area contributed by atoms with E-state index in [1.165, 1.54) is 13.1 Å². The van der Waals surface area contributed by atoms with Gasteiger partial charge in [0.25, 0.3) is 0 Å². The lowest BCUT2D eigenvalue weighted by atomic mass is 10.0. The molecule has 0 spiro atoms. The van der Waals surface area contributed by atoms with Crippen LogP contribution in [0, 0.1) is 23.7 Å². The third kappa shape index (κ3) is 1.15. The van der Waals surface area contributed by atoms with Gasteiger partial charge in [-0.2, -0.15) is 0 Å². The predicted octanol–water partition coefficient (Wildman–Crippen LogP) is 1.22. The Balaban J connectivity index is 1.55. The van der Waals surface area contributed by atoms with Gasteiger partial charge in [0.1, 0.15) is 0 Å². The second-order valence-corrected chi connectivity index (χ2v) is 5.29. The quantitative estimate of drug-likeness (QED) is 0.635. The third-order valence-corrected chi connectivity index (χ3v) is 4.20. The zero-order valence-corrected chi connectivity index (χ0v) is 8.57. The molecular weight excluding hydrogens is 162 g/mol. The maximum atomic E-state index is 5.23. The fourth-order valence-electron chi connectivity index (χ4n) is 3.33. The van der Waals surface area contributed by atoms with Crippen LogP contribution in [0.4, 0.5) is 0 Å². The van der Waals surface area contributed by atoms with Crippen molar-refractivity contribution in [1.82, 2.24) is 4.90 Å². The topological polar surface area (TPSA) is 12.5 Å². The molecule has 1 unspecified atom stereocenters. The first kappa shape index (κ1) is 8.25. The lowest BCUT2D eigenvalue weighted by Gasteiger charge is -2.36. The number of ether oxygens (including phenoxy) is 1. The number of rotatable bonds is 2. The van der Waals surface area contributed by atoms with Crippen LogP contribution in [0.5, 0.6) is 0 Å². The van der Waals surface area contributed by atoms with Gasteiger partial charge < -0.3 is 4.74 Å². The SMILES string of the molecule is CC(C)C1[C@H]2CN(C3COC3)C[C@@H]12. The Kier molecular flexibility index (Phi) is 1.72. The van der Waals surface area contributed by atoms with Gasteiger partial charge in [0.2, 0.25) is 0 Å². The van der Waals surface area contributed by atoms with Crippen molar-refractivity contribution in [2.24, 2.45) is 23.7 Å². The van der Waals surface area contributed by atoms with Crippen molar-refractivity contribution in [3.63, 3.8) is 0 Å². The summed E-state index contributed by atoms with van der Waals surface area (Å²) in [4.78, 5) is 2.65. The van der Waals surface area contributed by atoms with Crippen molar-refractivity contribution < 1.29 is 4.74 Å². The van der Waals surface area contributed by atoms with Gasteiger partial charge in [-0.3, -0.25) is 4.90 Å². The zero-order chi connectivity index (χ0) is 9.00. The minimum atomic E-state index is 0.778. The highest BCUT2D eigenvalue weighted by Gasteiger charge is 2.57. The molecule has 0 aromatic heterocycles. The Morgan fingerprint density at radius 2 is 1.77 bits per heavy atom. The molecule has 3 fully saturated rings. The van der Waals surface area contributed by atoms with Gasteiger partial charge in [0.15, 0.2) is 0 Å². The number of piperidine rings is 1. The summed E-state index contributed by atoms with van der Waals surface area (Å²) >= 11 is 0. The van der Waals surface area contributed by atoms with Gasteiger partial charge in [-0.15, -0.1) is 0 Å². The lowest BCUT2D eigenvalue weighted by molar-refractivity contribution is -0.0622. The summed E-state index contributed by atoms with van der Waals surface area (Å²) in [5, 5.41) is 0. The number of hydrogen-bond acceptors (Lipinski definition) is 2. The van der Waals surface area contributed by atoms with E-state index in [1.807, 2.05) is 0 Å². The Morgan fingerprint density at radius 1 is 1.15 bits per heavy atom. The van der Waals surface area contributed by atoms with Crippen molar-refractivity contribution in [2.75, 3.05) is 26.3 Å². The van der Waals surface area contributed by atoms with Gasteiger partial charge in [-0.1, -0.05) is 13.8 Å². The van der Waals surface area contributed by atoms with Gasteiger partial charge >= 0.3 is 0 Å². The van der Waals surface area contributed by atoms with E-state index in [0.717, 1.165) is 42.9 Å². The number of hydrogen-bond donors (Lipinski definition) is 0. The summed E-state index contributed by atoms with van der Waals surface area (Å²) in [5.41, 5.74) is 0. The first-order valence-electron chi connectivity index (χ1n) is 5.59. The molecule has 0 aromatic carbocycles. The summed E-state index contributed by atoms with van der Waals surface area (Å²) in [5.74, 6) is 4.05. The molecule has 3 rings (SSSR count). The second-order valence-electron chi connectivity index (χ2n) is 5.29. The van der Waals surface area contributed by atoms with Crippen LogP contribution in [0.15, 0.2) is 0 Å². The van der Waals surface area contributed by atoms with E-state index in [9.17, 15) is 0 Å². The van der Waals surface area contributed by atoms with Gasteiger partial charge in [0, 0.05) is 13.1 Å². The molecule has 2 aliphatic heterocycles. The first-order valence-corrected chi connectivity index (χ1v) is 5.59. The van der Waals surface area contributed by atoms with E-state index in [2.05, 4.69) is 18.7 Å². The molecule has 3 aliphatic rings. The van der Waals surface area contributed by atoms with Crippen LogP contribution in [0.2, 0.25) is 0 Å². The van der Waals surface area contributed by atoms with Crippen LogP contribution in [-0.2, 0) is 4.74 Å². The van der Waals surface area contributed by atoms with Crippen LogP contribution in [0.25, 0.3) is 0 Å². The van der Waals surface area contributed by atoms with Gasteiger partial charge in [-0.05, 0) is 23.7 Å². The Bertz CT molecular complexity index is 200. The van der Waals surface area contributed by atoms with Crippen molar-refractivity contribution in [2.45, 2.75) is 19.9 Å². The van der Waals surface area contributed by atoms with E-state index < -0.39 is 0 Å². The standard InChI is InChI=1S/C11H19NO/c1-7(2)11-9-3-12(4-10(9)11)8-5-13-6-8/h7-11H,3-6H2,1-2H3/t9-,10+,11?. The monoisotopic (exact) mass is 181 g/mol. The van der Waals surface area contributed by atoms with Gasteiger partial charge in [-0.25, -0.2) is 0 Å². The molecule has 2 nitrogen and oxygen atoms in total. The number of nitrogens with zero attached hydrogens (tertiary/aromatic N) is 1. The molecule has 2 saturated heterocycles. The molecule has 2 heteroatoms. The molecule has 74 valence electrons. The second kappa shape index (κ2) is 2.71. The number of likely N-dealkylation sites (tertiary alicyclic amines) is 1. The molecule has 2 heterocycles. The van der Waals surface area contributed by atoms with Crippen molar-refractivity contribution in [3.05, 3.63) is 0 Å². The van der Waals surface area contributed by atoms with E-state index >= 15 is 0 Å². The fraction of sp³-hybridized carbons (Fsp3) is 1.00.